The average molecular weight is 290 g/mol. The van der Waals surface area contributed by atoms with Crippen LogP contribution in [-0.4, -0.2) is 29.4 Å². The quantitative estimate of drug-likeness (QED) is 0.865. The predicted octanol–water partition coefficient (Wildman–Crippen LogP) is 2.17. The number of carbonyl (C=O) groups excluding carboxylic acids is 1. The molecule has 1 aromatic carbocycles. The van der Waals surface area contributed by atoms with Crippen LogP contribution in [0, 0.1) is 11.8 Å². The largest absolute Gasteiger partial charge is 0.393 e. The highest BCUT2D eigenvalue weighted by molar-refractivity contribution is 7.80. The van der Waals surface area contributed by atoms with Crippen LogP contribution in [0.25, 0.3) is 0 Å². The molecule has 2 N–H and O–H groups in total. The molecule has 0 heterocycles. The first-order valence-electron chi connectivity index (χ1n) is 7.10. The van der Waals surface area contributed by atoms with Gasteiger partial charge in [-0.05, 0) is 30.4 Å². The van der Waals surface area contributed by atoms with Gasteiger partial charge in [-0.25, -0.2) is 0 Å². The number of fused-ring (bicyclic) bond motifs is 1. The summed E-state index contributed by atoms with van der Waals surface area (Å²) >= 11 is 4.97. The number of hydrogen-bond donors (Lipinski definition) is 1. The molecule has 4 heteroatoms. The highest BCUT2D eigenvalue weighted by Gasteiger charge is 2.27. The second kappa shape index (κ2) is 6.35. The summed E-state index contributed by atoms with van der Waals surface area (Å²) in [6, 6.07) is 8.41. The number of nitrogens with zero attached hydrogens (tertiary/aromatic N) is 1. The fourth-order valence-electron chi connectivity index (χ4n) is 2.81. The van der Waals surface area contributed by atoms with Crippen LogP contribution in [0.5, 0.6) is 0 Å². The monoisotopic (exact) mass is 290 g/mol. The summed E-state index contributed by atoms with van der Waals surface area (Å²) in [5, 5.41) is 0. The van der Waals surface area contributed by atoms with E-state index in [0.29, 0.717) is 11.5 Å². The van der Waals surface area contributed by atoms with Crippen molar-refractivity contribution in [2.45, 2.75) is 26.2 Å². The van der Waals surface area contributed by atoms with Crippen LogP contribution in [0.3, 0.4) is 0 Å². The summed E-state index contributed by atoms with van der Waals surface area (Å²) < 4.78 is 0. The Morgan fingerprint density at radius 1 is 1.45 bits per heavy atom. The second-order valence-corrected chi connectivity index (χ2v) is 6.20. The fourth-order valence-corrected chi connectivity index (χ4v) is 2.89. The zero-order valence-corrected chi connectivity index (χ0v) is 13.0. The van der Waals surface area contributed by atoms with Crippen LogP contribution >= 0.6 is 12.2 Å². The highest BCUT2D eigenvalue weighted by Crippen LogP contribution is 2.26. The number of thiocarbonyl (C=S) groups is 1. The molecule has 1 amide bonds. The van der Waals surface area contributed by atoms with Crippen molar-refractivity contribution in [3.05, 3.63) is 35.4 Å². The third-order valence-electron chi connectivity index (χ3n) is 4.11. The molecule has 3 nitrogen and oxygen atoms in total. The van der Waals surface area contributed by atoms with Gasteiger partial charge < -0.3 is 10.6 Å². The minimum Gasteiger partial charge on any atom is -0.393 e. The molecule has 2 rings (SSSR count). The molecule has 20 heavy (non-hydrogen) atoms. The molecule has 0 saturated carbocycles. The van der Waals surface area contributed by atoms with Crippen molar-refractivity contribution in [1.29, 1.82) is 0 Å². The molecule has 1 aliphatic carbocycles. The number of amides is 1. The van der Waals surface area contributed by atoms with E-state index in [1.54, 1.807) is 4.90 Å². The van der Waals surface area contributed by atoms with Gasteiger partial charge in [0.25, 0.3) is 0 Å². The second-order valence-electron chi connectivity index (χ2n) is 5.73. The molecule has 2 atom stereocenters. The molecule has 108 valence electrons. The molecule has 0 aromatic heterocycles. The van der Waals surface area contributed by atoms with Crippen LogP contribution in [0.15, 0.2) is 24.3 Å². The smallest absolute Gasteiger partial charge is 0.225 e. The van der Waals surface area contributed by atoms with Crippen LogP contribution in [-0.2, 0) is 17.6 Å². The Morgan fingerprint density at radius 3 is 2.75 bits per heavy atom. The van der Waals surface area contributed by atoms with Crippen molar-refractivity contribution < 1.29 is 4.79 Å². The van der Waals surface area contributed by atoms with Crippen molar-refractivity contribution in [1.82, 2.24) is 4.90 Å². The van der Waals surface area contributed by atoms with Crippen LogP contribution < -0.4 is 5.73 Å². The summed E-state index contributed by atoms with van der Waals surface area (Å²) in [4.78, 5) is 14.8. The molecular weight excluding hydrogens is 268 g/mol. The molecule has 0 fully saturated rings. The fraction of sp³-hybridized carbons (Fsp3) is 0.500. The Kier molecular flexibility index (Phi) is 4.76. The van der Waals surface area contributed by atoms with Gasteiger partial charge in [-0.15, -0.1) is 0 Å². The van der Waals surface area contributed by atoms with Gasteiger partial charge in [-0.1, -0.05) is 43.4 Å². The number of carbonyl (C=O) groups is 1. The van der Waals surface area contributed by atoms with Crippen LogP contribution in [0.4, 0.5) is 0 Å². The molecule has 1 aromatic rings. The maximum absolute atomic E-state index is 12.5. The van der Waals surface area contributed by atoms with Gasteiger partial charge in [0.05, 0.1) is 4.99 Å². The SMILES string of the molecule is CC(CN(C)C(=O)C1CCc2ccccc2C1)C(N)=S. The van der Waals surface area contributed by atoms with Crippen molar-refractivity contribution in [3.63, 3.8) is 0 Å². The summed E-state index contributed by atoms with van der Waals surface area (Å²) in [6.45, 7) is 2.56. The Morgan fingerprint density at radius 2 is 2.10 bits per heavy atom. The summed E-state index contributed by atoms with van der Waals surface area (Å²) in [5.74, 6) is 0.367. The molecule has 0 radical (unpaired) electrons. The van der Waals surface area contributed by atoms with E-state index in [0.717, 1.165) is 19.3 Å². The molecule has 0 spiro atoms. The number of aryl methyl sites for hydroxylation is 1. The van der Waals surface area contributed by atoms with E-state index in [9.17, 15) is 4.79 Å². The summed E-state index contributed by atoms with van der Waals surface area (Å²) in [6.07, 6.45) is 2.77. The Hall–Kier alpha value is -1.42. The van der Waals surface area contributed by atoms with E-state index in [-0.39, 0.29) is 17.7 Å². The lowest BCUT2D eigenvalue weighted by molar-refractivity contribution is -0.134. The first-order valence-corrected chi connectivity index (χ1v) is 7.51. The van der Waals surface area contributed by atoms with Gasteiger partial charge in [0.15, 0.2) is 0 Å². The van der Waals surface area contributed by atoms with Gasteiger partial charge >= 0.3 is 0 Å². The average Bonchev–Trinajstić information content (AvgIpc) is 2.45. The van der Waals surface area contributed by atoms with Crippen molar-refractivity contribution in [3.8, 4) is 0 Å². The van der Waals surface area contributed by atoms with E-state index in [1.807, 2.05) is 20.0 Å². The van der Waals surface area contributed by atoms with Gasteiger partial charge in [0.2, 0.25) is 5.91 Å². The molecular formula is C16H22N2OS. The third kappa shape index (κ3) is 3.37. The van der Waals surface area contributed by atoms with Crippen LogP contribution in [0.2, 0.25) is 0 Å². The van der Waals surface area contributed by atoms with E-state index >= 15 is 0 Å². The van der Waals surface area contributed by atoms with E-state index in [1.165, 1.54) is 11.1 Å². The van der Waals surface area contributed by atoms with Gasteiger partial charge in [0.1, 0.15) is 0 Å². The Bertz CT molecular complexity index is 515. The lowest BCUT2D eigenvalue weighted by Crippen LogP contribution is -2.40. The van der Waals surface area contributed by atoms with Gasteiger partial charge in [-0.2, -0.15) is 0 Å². The minimum absolute atomic E-state index is 0.0647. The summed E-state index contributed by atoms with van der Waals surface area (Å²) in [7, 11) is 1.84. The van der Waals surface area contributed by atoms with E-state index in [2.05, 4.69) is 18.2 Å². The summed E-state index contributed by atoms with van der Waals surface area (Å²) in [5.41, 5.74) is 8.32. The van der Waals surface area contributed by atoms with E-state index < -0.39 is 0 Å². The van der Waals surface area contributed by atoms with Crippen molar-refractivity contribution in [2.24, 2.45) is 17.6 Å². The first-order chi connectivity index (χ1) is 9.49. The number of hydrogen-bond acceptors (Lipinski definition) is 2. The zero-order chi connectivity index (χ0) is 14.7. The maximum Gasteiger partial charge on any atom is 0.225 e. The number of nitrogens with two attached hydrogens (primary N) is 1. The van der Waals surface area contributed by atoms with Crippen LogP contribution in [0.1, 0.15) is 24.5 Å². The number of rotatable bonds is 4. The van der Waals surface area contributed by atoms with E-state index in [4.69, 9.17) is 18.0 Å². The normalized spacial score (nSPS) is 19.0. The Balaban J connectivity index is 1.99. The molecule has 2 unspecified atom stereocenters. The molecule has 0 bridgehead atoms. The topological polar surface area (TPSA) is 46.3 Å². The van der Waals surface area contributed by atoms with Gasteiger partial charge in [-0.3, -0.25) is 4.79 Å². The first kappa shape index (κ1) is 15.0. The lowest BCUT2D eigenvalue weighted by atomic mass is 9.83. The lowest BCUT2D eigenvalue weighted by Gasteiger charge is -2.29. The van der Waals surface area contributed by atoms with Crippen molar-refractivity contribution >= 4 is 23.1 Å². The predicted molar refractivity (Wildman–Crippen MR) is 85.5 cm³/mol. The minimum atomic E-state index is 0.0647. The molecule has 1 aliphatic rings. The van der Waals surface area contributed by atoms with Gasteiger partial charge in [0, 0.05) is 25.4 Å². The number of benzene rings is 1. The standard InChI is InChI=1S/C16H22N2OS/c1-11(15(17)20)10-18(2)16(19)14-8-7-12-5-3-4-6-13(12)9-14/h3-6,11,14H,7-10H2,1-2H3,(H2,17,20). The van der Waals surface area contributed by atoms with Crippen molar-refractivity contribution in [2.75, 3.05) is 13.6 Å². The zero-order valence-electron chi connectivity index (χ0n) is 12.1. The third-order valence-corrected chi connectivity index (χ3v) is 4.51. The molecule has 0 aliphatic heterocycles. The Labute approximate surface area is 126 Å². The molecule has 0 saturated heterocycles. The highest BCUT2D eigenvalue weighted by atomic mass is 32.1. The maximum atomic E-state index is 12.5.